The molecule has 0 atom stereocenters. The van der Waals surface area contributed by atoms with E-state index in [0.717, 1.165) is 0 Å². The van der Waals surface area contributed by atoms with E-state index in [0.29, 0.717) is 0 Å². The summed E-state index contributed by atoms with van der Waals surface area (Å²) < 4.78 is 0. The van der Waals surface area contributed by atoms with Crippen LogP contribution >= 0.6 is 8.60 Å². The van der Waals surface area contributed by atoms with Gasteiger partial charge >= 0.3 is 60.0 Å². The molecule has 0 heterocycles. The Morgan fingerprint density at radius 2 is 1.75 bits per heavy atom. The molecule has 3 nitrogen and oxygen atoms in total. The summed E-state index contributed by atoms with van der Waals surface area (Å²) in [5, 5.41) is 0. The fraction of sp³-hybridized carbons (Fsp3) is 0.143. The van der Waals surface area contributed by atoms with E-state index in [1.165, 1.54) is 5.56 Å². The summed E-state index contributed by atoms with van der Waals surface area (Å²) in [5.74, 6) is 0. The Balaban J connectivity index is 0. The molecule has 5 heteroatoms. The minimum atomic E-state index is -2.62. The van der Waals surface area contributed by atoms with Crippen molar-refractivity contribution in [1.82, 2.24) is 0 Å². The number of aryl methyl sites for hydroxylation is 1. The van der Waals surface area contributed by atoms with E-state index < -0.39 is 8.60 Å². The molecule has 0 fully saturated rings. The summed E-state index contributed by atoms with van der Waals surface area (Å²) in [4.78, 5) is 21.7. The number of rotatable bonds is 0. The first-order chi connectivity index (χ1) is 5.13. The molecule has 0 aliphatic heterocycles. The van der Waals surface area contributed by atoms with Crippen LogP contribution in [0.15, 0.2) is 24.3 Å². The van der Waals surface area contributed by atoms with E-state index in [4.69, 9.17) is 14.7 Å². The van der Waals surface area contributed by atoms with Gasteiger partial charge in [0.2, 0.25) is 0 Å². The Morgan fingerprint density at radius 1 is 1.25 bits per heavy atom. The number of hydrogen-bond donors (Lipinski definition) is 3. The molecule has 0 bridgehead atoms. The third-order valence-corrected chi connectivity index (χ3v) is 0.865. The zero-order valence-corrected chi connectivity index (χ0v) is 11.1. The minimum Gasteiger partial charge on any atom is -0.328 e. The van der Waals surface area contributed by atoms with Crippen LogP contribution in [-0.4, -0.2) is 14.7 Å². The smallest absolute Gasteiger partial charge is 0.328 e. The molecule has 0 radical (unpaired) electrons. The Hall–Kier alpha value is 1.17. The first kappa shape index (κ1) is 15.6. The van der Waals surface area contributed by atoms with Crippen molar-refractivity contribution in [2.45, 2.75) is 6.92 Å². The second-order valence-electron chi connectivity index (χ2n) is 1.81. The second kappa shape index (κ2) is 10.2. The van der Waals surface area contributed by atoms with Crippen LogP contribution in [0.25, 0.3) is 0 Å². The van der Waals surface area contributed by atoms with E-state index in [9.17, 15) is 0 Å². The molecule has 0 saturated heterocycles. The molecule has 0 aromatic heterocycles. The molecule has 0 aliphatic rings. The fourth-order valence-corrected chi connectivity index (χ4v) is 0.483. The van der Waals surface area contributed by atoms with Crippen LogP contribution in [0, 0.1) is 13.0 Å². The maximum Gasteiger partial charge on any atom is 1.00 e. The Bertz CT molecular complexity index is 179. The van der Waals surface area contributed by atoms with Gasteiger partial charge in [-0.2, -0.15) is 35.9 Å². The predicted molar refractivity (Wildman–Crippen MR) is 43.6 cm³/mol. The largest absolute Gasteiger partial charge is 1.00 e. The summed E-state index contributed by atoms with van der Waals surface area (Å²) in [5.41, 5.74) is 1.20. The van der Waals surface area contributed by atoms with Crippen LogP contribution in [0.1, 0.15) is 5.56 Å². The van der Waals surface area contributed by atoms with E-state index in [2.05, 4.69) is 6.07 Å². The molecule has 0 unspecified atom stereocenters. The molecular formula is C7H10KO3P. The van der Waals surface area contributed by atoms with Gasteiger partial charge < -0.3 is 14.7 Å². The third-order valence-electron chi connectivity index (χ3n) is 0.865. The Kier molecular flexibility index (Phi) is 13.3. The monoisotopic (exact) mass is 212 g/mol. The van der Waals surface area contributed by atoms with Crippen molar-refractivity contribution in [1.29, 1.82) is 0 Å². The molecule has 0 amide bonds. The van der Waals surface area contributed by atoms with Gasteiger partial charge in [-0.05, 0) is 0 Å². The van der Waals surface area contributed by atoms with Gasteiger partial charge in [0.05, 0.1) is 0 Å². The summed E-state index contributed by atoms with van der Waals surface area (Å²) in [6.45, 7) is 2.03. The molecule has 62 valence electrons. The van der Waals surface area contributed by atoms with Gasteiger partial charge in [-0.25, -0.2) is 0 Å². The van der Waals surface area contributed by atoms with Crippen LogP contribution in [-0.2, 0) is 0 Å². The Morgan fingerprint density at radius 3 is 1.92 bits per heavy atom. The van der Waals surface area contributed by atoms with Crippen LogP contribution < -0.4 is 51.4 Å². The van der Waals surface area contributed by atoms with Gasteiger partial charge in [0, 0.05) is 0 Å². The molecule has 1 aromatic carbocycles. The minimum absolute atomic E-state index is 0. The first-order valence-electron chi connectivity index (χ1n) is 2.93. The van der Waals surface area contributed by atoms with E-state index in [-0.39, 0.29) is 51.4 Å². The van der Waals surface area contributed by atoms with E-state index in [1.54, 1.807) is 0 Å². The summed E-state index contributed by atoms with van der Waals surface area (Å²) >= 11 is 0. The van der Waals surface area contributed by atoms with Gasteiger partial charge in [0.25, 0.3) is 0 Å². The van der Waals surface area contributed by atoms with Crippen molar-refractivity contribution in [3.8, 4) is 0 Å². The maximum absolute atomic E-state index is 7.23. The molecule has 1 rings (SSSR count). The second-order valence-corrected chi connectivity index (χ2v) is 2.35. The van der Waals surface area contributed by atoms with Crippen LogP contribution in [0.4, 0.5) is 0 Å². The molecule has 1 aromatic rings. The maximum atomic E-state index is 7.23. The zero-order chi connectivity index (χ0) is 8.69. The Labute approximate surface area is 116 Å². The van der Waals surface area contributed by atoms with Crippen LogP contribution in [0.2, 0.25) is 0 Å². The van der Waals surface area contributed by atoms with Crippen molar-refractivity contribution < 1.29 is 66.1 Å². The summed E-state index contributed by atoms with van der Waals surface area (Å²) in [6, 6.07) is 10.9. The number of hydrogen-bond acceptors (Lipinski definition) is 3. The summed E-state index contributed by atoms with van der Waals surface area (Å²) in [7, 11) is -2.62. The SMILES string of the molecule is Cc1[c-]cccc1.OP(O)O.[K+]. The topological polar surface area (TPSA) is 60.7 Å². The summed E-state index contributed by atoms with van der Waals surface area (Å²) in [6.07, 6.45) is 0. The first-order valence-corrected chi connectivity index (χ1v) is 4.13. The molecular weight excluding hydrogens is 202 g/mol. The van der Waals surface area contributed by atoms with E-state index >= 15 is 0 Å². The molecule has 12 heavy (non-hydrogen) atoms. The van der Waals surface area contributed by atoms with Crippen LogP contribution in [0.3, 0.4) is 0 Å². The quantitative estimate of drug-likeness (QED) is 0.264. The molecule has 0 spiro atoms. The zero-order valence-electron chi connectivity index (χ0n) is 7.10. The van der Waals surface area contributed by atoms with Crippen molar-refractivity contribution in [3.63, 3.8) is 0 Å². The fourth-order valence-electron chi connectivity index (χ4n) is 0.483. The third kappa shape index (κ3) is 13.7. The predicted octanol–water partition coefficient (Wildman–Crippen LogP) is -2.01. The van der Waals surface area contributed by atoms with Gasteiger partial charge in [0.15, 0.2) is 0 Å². The average molecular weight is 212 g/mol. The molecule has 0 aliphatic carbocycles. The van der Waals surface area contributed by atoms with Crippen LogP contribution in [0.5, 0.6) is 0 Å². The van der Waals surface area contributed by atoms with E-state index in [1.807, 2.05) is 31.2 Å². The number of benzene rings is 1. The van der Waals surface area contributed by atoms with Gasteiger partial charge in [0.1, 0.15) is 0 Å². The normalized spacial score (nSPS) is 8.08. The van der Waals surface area contributed by atoms with Crippen molar-refractivity contribution in [2.24, 2.45) is 0 Å². The van der Waals surface area contributed by atoms with Crippen molar-refractivity contribution >= 4 is 8.60 Å². The van der Waals surface area contributed by atoms with Crippen molar-refractivity contribution in [3.05, 3.63) is 35.9 Å². The molecule has 3 N–H and O–H groups in total. The molecule has 0 saturated carbocycles. The van der Waals surface area contributed by atoms with Crippen molar-refractivity contribution in [2.75, 3.05) is 0 Å². The standard InChI is InChI=1S/C7H7.K.H3O3P/c1-7-5-3-2-4-6-7;;1-4(2)3/h2-5H,1H3;;1-3H/q-1;+1;. The van der Waals surface area contributed by atoms with Gasteiger partial charge in [-0.1, -0.05) is 6.92 Å². The van der Waals surface area contributed by atoms with Gasteiger partial charge in [-0.15, -0.1) is 0 Å². The van der Waals surface area contributed by atoms with Gasteiger partial charge in [-0.3, -0.25) is 0 Å². The average Bonchev–Trinajstić information content (AvgIpc) is 1.87.